The van der Waals surface area contributed by atoms with E-state index in [1.807, 2.05) is 4.72 Å². The first-order valence-corrected chi connectivity index (χ1v) is 6.07. The number of amides is 1. The molecule has 0 aromatic heterocycles. The smallest absolute Gasteiger partial charge is 0.302 e. The van der Waals surface area contributed by atoms with E-state index in [0.29, 0.717) is 0 Å². The monoisotopic (exact) mass is 257 g/mol. The lowest BCUT2D eigenvalue weighted by atomic mass is 10.2. The van der Waals surface area contributed by atoms with E-state index in [1.165, 1.54) is 26.2 Å². The van der Waals surface area contributed by atoms with Crippen molar-refractivity contribution in [3.8, 4) is 0 Å². The highest BCUT2D eigenvalue weighted by Gasteiger charge is 2.31. The van der Waals surface area contributed by atoms with Gasteiger partial charge in [0.15, 0.2) is 0 Å². The third kappa shape index (κ3) is 3.04. The molecule has 0 aliphatic carbocycles. The van der Waals surface area contributed by atoms with Crippen molar-refractivity contribution >= 4 is 21.9 Å². The van der Waals surface area contributed by atoms with Crippen molar-refractivity contribution in [2.75, 3.05) is 7.11 Å². The van der Waals surface area contributed by atoms with Gasteiger partial charge in [-0.15, -0.1) is 0 Å². The largest absolute Gasteiger partial charge is 0.469 e. The topological polar surface area (TPSA) is 89.5 Å². The lowest BCUT2D eigenvalue weighted by Crippen LogP contribution is -2.20. The van der Waals surface area contributed by atoms with Gasteiger partial charge in [-0.1, -0.05) is 12.1 Å². The molecule has 7 heteroatoms. The number of esters is 1. The minimum absolute atomic E-state index is 0.0648. The first-order chi connectivity index (χ1) is 7.88. The van der Waals surface area contributed by atoms with Crippen LogP contribution in [0.25, 0.3) is 0 Å². The fourth-order valence-corrected chi connectivity index (χ4v) is 2.29. The Morgan fingerprint density at radius 1 is 1.29 bits per heavy atom. The molecule has 1 aliphatic heterocycles. The summed E-state index contributed by atoms with van der Waals surface area (Å²) in [5.41, 5.74) is 0.220. The molecule has 0 unspecified atom stereocenters. The molecule has 1 N–H and O–H groups in total. The molecule has 1 aromatic rings. The molecule has 17 heavy (non-hydrogen) atoms. The van der Waals surface area contributed by atoms with Crippen LogP contribution >= 0.6 is 0 Å². The van der Waals surface area contributed by atoms with Gasteiger partial charge in [0.1, 0.15) is 4.90 Å². The molecule has 0 bridgehead atoms. The van der Waals surface area contributed by atoms with Crippen molar-refractivity contribution in [3.63, 3.8) is 0 Å². The quantitative estimate of drug-likeness (QED) is 0.675. The molecule has 1 amide bonds. The van der Waals surface area contributed by atoms with E-state index in [1.54, 1.807) is 12.1 Å². The van der Waals surface area contributed by atoms with Gasteiger partial charge < -0.3 is 4.74 Å². The normalized spacial score (nSPS) is 15.1. The third-order valence-electron chi connectivity index (χ3n) is 1.94. The zero-order chi connectivity index (χ0) is 13.1. The number of methoxy groups -OCH3 is 1. The SMILES string of the molecule is COC(C)=O.O=C1NS(=O)(=O)c2ccccc21. The Kier molecular flexibility index (Phi) is 3.84. The maximum atomic E-state index is 11.1. The number of hydrogen-bond acceptors (Lipinski definition) is 5. The Labute approximate surface area is 98.6 Å². The second-order valence-corrected chi connectivity index (χ2v) is 4.78. The Hall–Kier alpha value is -1.89. The Morgan fingerprint density at radius 3 is 2.29 bits per heavy atom. The fraction of sp³-hybridized carbons (Fsp3) is 0.200. The summed E-state index contributed by atoms with van der Waals surface area (Å²) < 4.78 is 28.3. The summed E-state index contributed by atoms with van der Waals surface area (Å²) in [7, 11) is -2.20. The van der Waals surface area contributed by atoms with Gasteiger partial charge in [-0.3, -0.25) is 9.59 Å². The minimum atomic E-state index is -3.55. The van der Waals surface area contributed by atoms with E-state index in [2.05, 4.69) is 4.74 Å². The summed E-state index contributed by atoms with van der Waals surface area (Å²) in [6.45, 7) is 1.36. The molecule has 0 radical (unpaired) electrons. The molecule has 0 saturated carbocycles. The number of carbonyl (C=O) groups excluding carboxylic acids is 2. The number of rotatable bonds is 0. The average molecular weight is 257 g/mol. The molecule has 1 aliphatic rings. The summed E-state index contributed by atoms with van der Waals surface area (Å²) in [4.78, 5) is 20.6. The van der Waals surface area contributed by atoms with E-state index >= 15 is 0 Å². The molecule has 0 saturated heterocycles. The molecule has 0 spiro atoms. The van der Waals surface area contributed by atoms with E-state index < -0.39 is 15.9 Å². The number of fused-ring (bicyclic) bond motifs is 1. The van der Waals surface area contributed by atoms with Gasteiger partial charge in [0.25, 0.3) is 15.9 Å². The van der Waals surface area contributed by atoms with Crippen LogP contribution in [0, 0.1) is 0 Å². The number of ether oxygens (including phenoxy) is 1. The zero-order valence-electron chi connectivity index (χ0n) is 9.26. The molecule has 1 aromatic carbocycles. The Morgan fingerprint density at radius 2 is 1.82 bits per heavy atom. The fourth-order valence-electron chi connectivity index (χ4n) is 1.12. The van der Waals surface area contributed by atoms with Crippen molar-refractivity contribution in [1.29, 1.82) is 0 Å². The molecule has 1 heterocycles. The first-order valence-electron chi connectivity index (χ1n) is 4.59. The van der Waals surface area contributed by atoms with Crippen LogP contribution in [0.5, 0.6) is 0 Å². The van der Waals surface area contributed by atoms with Crippen molar-refractivity contribution in [3.05, 3.63) is 29.8 Å². The molecule has 0 fully saturated rings. The van der Waals surface area contributed by atoms with Gasteiger partial charge in [-0.25, -0.2) is 13.1 Å². The van der Waals surface area contributed by atoms with E-state index in [4.69, 9.17) is 0 Å². The van der Waals surface area contributed by atoms with Gasteiger partial charge in [0.2, 0.25) is 0 Å². The predicted octanol–water partition coefficient (Wildman–Crippen LogP) is 0.298. The van der Waals surface area contributed by atoms with Crippen molar-refractivity contribution in [2.45, 2.75) is 11.8 Å². The first kappa shape index (κ1) is 13.2. The number of benzene rings is 1. The van der Waals surface area contributed by atoms with Crippen LogP contribution in [0.1, 0.15) is 17.3 Å². The highest BCUT2D eigenvalue weighted by molar-refractivity contribution is 7.90. The molecule has 6 nitrogen and oxygen atoms in total. The van der Waals surface area contributed by atoms with E-state index in [0.717, 1.165) is 0 Å². The molecule has 92 valence electrons. The summed E-state index contributed by atoms with van der Waals surface area (Å²) in [5.74, 6) is -0.796. The number of nitrogens with one attached hydrogen (secondary N) is 1. The second kappa shape index (κ2) is 4.96. The number of sulfonamides is 1. The highest BCUT2D eigenvalue weighted by Crippen LogP contribution is 2.20. The molecular weight excluding hydrogens is 246 g/mol. The average Bonchev–Trinajstić information content (AvgIpc) is 2.51. The standard InChI is InChI=1S/C7H5NO3S.C3H6O2/c9-7-5-3-1-2-4-6(5)12(10,11)8-7;1-3(4)5-2/h1-4H,(H,8,9);1-2H3. The van der Waals surface area contributed by atoms with Gasteiger partial charge >= 0.3 is 5.97 Å². The molecule has 0 atom stereocenters. The van der Waals surface area contributed by atoms with Crippen molar-refractivity contribution in [2.24, 2.45) is 0 Å². The lowest BCUT2D eigenvalue weighted by molar-refractivity contribution is -0.137. The van der Waals surface area contributed by atoms with Crippen LogP contribution in [-0.2, 0) is 19.6 Å². The van der Waals surface area contributed by atoms with E-state index in [9.17, 15) is 18.0 Å². The predicted molar refractivity (Wildman–Crippen MR) is 58.8 cm³/mol. The maximum absolute atomic E-state index is 11.1. The number of carbonyl (C=O) groups is 2. The lowest BCUT2D eigenvalue weighted by Gasteiger charge is -1.91. The van der Waals surface area contributed by atoms with Crippen molar-refractivity contribution < 1.29 is 22.7 Å². The van der Waals surface area contributed by atoms with Crippen LogP contribution in [0.4, 0.5) is 0 Å². The maximum Gasteiger partial charge on any atom is 0.302 e. The molecular formula is C10H11NO5S. The third-order valence-corrected chi connectivity index (χ3v) is 3.32. The highest BCUT2D eigenvalue weighted by atomic mass is 32.2. The van der Waals surface area contributed by atoms with Crippen molar-refractivity contribution in [1.82, 2.24) is 4.72 Å². The Bertz CT molecular complexity index is 550. The summed E-state index contributed by atoms with van der Waals surface area (Å²) >= 11 is 0. The van der Waals surface area contributed by atoms with Crippen LogP contribution < -0.4 is 4.72 Å². The van der Waals surface area contributed by atoms with Gasteiger partial charge in [0.05, 0.1) is 12.7 Å². The zero-order valence-corrected chi connectivity index (χ0v) is 10.1. The minimum Gasteiger partial charge on any atom is -0.469 e. The van der Waals surface area contributed by atoms with Gasteiger partial charge in [-0.05, 0) is 12.1 Å². The number of hydrogen-bond donors (Lipinski definition) is 1. The Balaban J connectivity index is 0.000000249. The van der Waals surface area contributed by atoms with Crippen LogP contribution in [0.3, 0.4) is 0 Å². The van der Waals surface area contributed by atoms with Crippen LogP contribution in [0.2, 0.25) is 0 Å². The second-order valence-electron chi connectivity index (χ2n) is 3.13. The van der Waals surface area contributed by atoms with Crippen LogP contribution in [-0.4, -0.2) is 27.4 Å². The van der Waals surface area contributed by atoms with Crippen LogP contribution in [0.15, 0.2) is 29.2 Å². The van der Waals surface area contributed by atoms with Gasteiger partial charge in [-0.2, -0.15) is 0 Å². The summed E-state index contributed by atoms with van der Waals surface area (Å²) in [6.07, 6.45) is 0. The summed E-state index contributed by atoms with van der Waals surface area (Å²) in [6, 6.07) is 6.09. The van der Waals surface area contributed by atoms with Gasteiger partial charge in [0, 0.05) is 6.92 Å². The summed E-state index contributed by atoms with van der Waals surface area (Å²) in [5, 5.41) is 0. The molecule has 2 rings (SSSR count). The van der Waals surface area contributed by atoms with E-state index in [-0.39, 0.29) is 16.4 Å².